The number of rotatable bonds is 3. The second kappa shape index (κ2) is 5.87. The monoisotopic (exact) mass is 330 g/mol. The van der Waals surface area contributed by atoms with Crippen LogP contribution >= 0.6 is 22.9 Å². The lowest BCUT2D eigenvalue weighted by atomic mass is 10.0. The minimum atomic E-state index is -0.698. The van der Waals surface area contributed by atoms with Gasteiger partial charge in [0.2, 0.25) is 0 Å². The number of fused-ring (bicyclic) bond motifs is 1. The van der Waals surface area contributed by atoms with Crippen LogP contribution in [0.3, 0.4) is 0 Å². The van der Waals surface area contributed by atoms with Crippen LogP contribution in [0.15, 0.2) is 35.3 Å². The maximum Gasteiger partial charge on any atom is 0.285 e. The minimum Gasteiger partial charge on any atom is -0.266 e. The van der Waals surface area contributed by atoms with Crippen LogP contribution in [-0.4, -0.2) is 14.8 Å². The van der Waals surface area contributed by atoms with Gasteiger partial charge >= 0.3 is 0 Å². The molecule has 7 heteroatoms. The molecule has 3 rings (SSSR count). The number of nitriles is 1. The lowest BCUT2D eigenvalue weighted by Gasteiger charge is -2.09. The molecule has 0 fully saturated rings. The molecule has 5 nitrogen and oxygen atoms in total. The van der Waals surface area contributed by atoms with Gasteiger partial charge in [-0.25, -0.2) is 9.67 Å². The molecule has 0 aliphatic heterocycles. The highest BCUT2D eigenvalue weighted by atomic mass is 35.5. The number of thiazole rings is 1. The quantitative estimate of drug-likeness (QED) is 0.739. The molecule has 22 heavy (non-hydrogen) atoms. The molecular weight excluding hydrogens is 320 g/mol. The summed E-state index contributed by atoms with van der Waals surface area (Å²) in [5, 5.41) is 14.2. The predicted molar refractivity (Wildman–Crippen MR) is 86.3 cm³/mol. The van der Waals surface area contributed by atoms with Gasteiger partial charge in [-0.1, -0.05) is 23.7 Å². The summed E-state index contributed by atoms with van der Waals surface area (Å²) in [4.78, 5) is 16.6. The van der Waals surface area contributed by atoms with Crippen molar-refractivity contribution >= 4 is 33.2 Å². The number of benzene rings is 1. The third-order valence-electron chi connectivity index (χ3n) is 3.31. The van der Waals surface area contributed by atoms with E-state index >= 15 is 0 Å². The van der Waals surface area contributed by atoms with Crippen molar-refractivity contribution in [1.82, 2.24) is 14.8 Å². The van der Waals surface area contributed by atoms with Crippen LogP contribution in [0.1, 0.15) is 23.4 Å². The smallest absolute Gasteiger partial charge is 0.266 e. The van der Waals surface area contributed by atoms with Gasteiger partial charge in [-0.05, 0) is 19.1 Å². The van der Waals surface area contributed by atoms with Crippen LogP contribution in [0.25, 0.3) is 10.2 Å². The molecule has 3 aromatic rings. The molecule has 0 spiro atoms. The van der Waals surface area contributed by atoms with E-state index in [0.717, 1.165) is 10.2 Å². The third-order valence-corrected chi connectivity index (χ3v) is 4.79. The summed E-state index contributed by atoms with van der Waals surface area (Å²) in [6.45, 7) is 2.23. The topological polar surface area (TPSA) is 71.6 Å². The zero-order valence-corrected chi connectivity index (χ0v) is 13.2. The van der Waals surface area contributed by atoms with Gasteiger partial charge < -0.3 is 0 Å². The summed E-state index contributed by atoms with van der Waals surface area (Å²) < 4.78 is 2.25. The van der Waals surface area contributed by atoms with Crippen molar-refractivity contribution in [2.45, 2.75) is 19.4 Å². The lowest BCUT2D eigenvalue weighted by Crippen LogP contribution is -2.24. The van der Waals surface area contributed by atoms with E-state index in [9.17, 15) is 10.1 Å². The van der Waals surface area contributed by atoms with Crippen molar-refractivity contribution in [1.29, 1.82) is 5.26 Å². The number of halogens is 1. The molecule has 2 aromatic heterocycles. The van der Waals surface area contributed by atoms with Gasteiger partial charge in [-0.3, -0.25) is 4.79 Å². The molecule has 0 saturated carbocycles. The number of nitrogens with zero attached hydrogens (tertiary/aromatic N) is 4. The minimum absolute atomic E-state index is 0.0302. The van der Waals surface area contributed by atoms with Gasteiger partial charge in [0.05, 0.1) is 22.5 Å². The average Bonchev–Trinajstić information content (AvgIpc) is 2.96. The number of para-hydroxylation sites is 1. The van der Waals surface area contributed by atoms with Crippen LogP contribution in [-0.2, 0) is 6.54 Å². The third kappa shape index (κ3) is 2.39. The highest BCUT2D eigenvalue weighted by Crippen LogP contribution is 2.33. The van der Waals surface area contributed by atoms with Gasteiger partial charge in [-0.15, -0.1) is 11.3 Å². The fourth-order valence-corrected chi connectivity index (χ4v) is 3.46. The molecule has 0 saturated heterocycles. The molecule has 0 aliphatic carbocycles. The summed E-state index contributed by atoms with van der Waals surface area (Å²) in [6, 6.07) is 9.82. The van der Waals surface area contributed by atoms with E-state index < -0.39 is 5.92 Å². The highest BCUT2D eigenvalue weighted by Gasteiger charge is 2.23. The van der Waals surface area contributed by atoms with E-state index in [1.807, 2.05) is 24.3 Å². The van der Waals surface area contributed by atoms with Gasteiger partial charge in [0, 0.05) is 12.1 Å². The van der Waals surface area contributed by atoms with E-state index in [0.29, 0.717) is 17.1 Å². The molecule has 0 N–H and O–H groups in total. The molecule has 0 unspecified atom stereocenters. The first-order valence-electron chi connectivity index (χ1n) is 6.66. The van der Waals surface area contributed by atoms with Crippen molar-refractivity contribution in [3.05, 3.63) is 56.4 Å². The molecule has 110 valence electrons. The van der Waals surface area contributed by atoms with Crippen LogP contribution < -0.4 is 5.56 Å². The molecule has 1 atom stereocenters. The fourth-order valence-electron chi connectivity index (χ4n) is 2.18. The molecule has 1 aromatic carbocycles. The Kier molecular flexibility index (Phi) is 3.92. The van der Waals surface area contributed by atoms with E-state index in [4.69, 9.17) is 11.6 Å². The fraction of sp³-hybridized carbons (Fsp3) is 0.200. The van der Waals surface area contributed by atoms with Crippen molar-refractivity contribution in [3.63, 3.8) is 0 Å². The Morgan fingerprint density at radius 3 is 2.91 bits per heavy atom. The second-order valence-electron chi connectivity index (χ2n) is 4.62. The molecular formula is C15H11ClN4OS. The SMILES string of the molecule is CCn1ncc([C@@H](C#N)c2nc3ccccc3s2)c(Cl)c1=O. The summed E-state index contributed by atoms with van der Waals surface area (Å²) in [5.41, 5.74) is 0.842. The zero-order valence-electron chi connectivity index (χ0n) is 11.7. The summed E-state index contributed by atoms with van der Waals surface area (Å²) in [5.74, 6) is -0.698. The Labute approximate surface area is 135 Å². The Hall–Kier alpha value is -2.23. The summed E-state index contributed by atoms with van der Waals surface area (Å²) in [7, 11) is 0. The first-order valence-corrected chi connectivity index (χ1v) is 7.85. The predicted octanol–water partition coefficient (Wildman–Crippen LogP) is 3.18. The first-order chi connectivity index (χ1) is 10.7. The van der Waals surface area contributed by atoms with E-state index in [1.54, 1.807) is 6.92 Å². The van der Waals surface area contributed by atoms with Crippen LogP contribution in [0.2, 0.25) is 5.02 Å². The molecule has 0 radical (unpaired) electrons. The van der Waals surface area contributed by atoms with Gasteiger partial charge in [-0.2, -0.15) is 10.4 Å². The van der Waals surface area contributed by atoms with E-state index in [1.165, 1.54) is 22.2 Å². The van der Waals surface area contributed by atoms with E-state index in [-0.39, 0.29) is 10.6 Å². The molecule has 0 aliphatic rings. The van der Waals surface area contributed by atoms with Crippen LogP contribution in [0.4, 0.5) is 0 Å². The second-order valence-corrected chi connectivity index (χ2v) is 6.06. The largest absolute Gasteiger partial charge is 0.285 e. The Morgan fingerprint density at radius 2 is 2.23 bits per heavy atom. The lowest BCUT2D eigenvalue weighted by molar-refractivity contribution is 0.610. The normalized spacial score (nSPS) is 12.2. The maximum atomic E-state index is 12.1. The Bertz CT molecular complexity index is 908. The van der Waals surface area contributed by atoms with Crippen molar-refractivity contribution in [3.8, 4) is 6.07 Å². The van der Waals surface area contributed by atoms with Crippen molar-refractivity contribution < 1.29 is 0 Å². The molecule has 0 bridgehead atoms. The van der Waals surface area contributed by atoms with Crippen LogP contribution in [0, 0.1) is 11.3 Å². The molecule has 2 heterocycles. The van der Waals surface area contributed by atoms with Gasteiger partial charge in [0.15, 0.2) is 0 Å². The number of aromatic nitrogens is 3. The standard InChI is InChI=1S/C15H11ClN4OS/c1-2-20-15(21)13(16)10(8-18-20)9(7-17)14-19-11-5-3-4-6-12(11)22-14/h3-6,8-9H,2H2,1H3/t9-/m1/s1. The van der Waals surface area contributed by atoms with Crippen molar-refractivity contribution in [2.24, 2.45) is 0 Å². The summed E-state index contributed by atoms with van der Waals surface area (Å²) in [6.07, 6.45) is 1.48. The van der Waals surface area contributed by atoms with Crippen molar-refractivity contribution in [2.75, 3.05) is 0 Å². The maximum absolute atomic E-state index is 12.1. The zero-order chi connectivity index (χ0) is 15.7. The van der Waals surface area contributed by atoms with Crippen LogP contribution in [0.5, 0.6) is 0 Å². The van der Waals surface area contributed by atoms with Gasteiger partial charge in [0.25, 0.3) is 5.56 Å². The number of aryl methyl sites for hydroxylation is 1. The average molecular weight is 331 g/mol. The Balaban J connectivity index is 2.14. The first kappa shape index (κ1) is 14.7. The number of hydrogen-bond acceptors (Lipinski definition) is 5. The summed E-state index contributed by atoms with van der Waals surface area (Å²) >= 11 is 7.57. The van der Waals surface area contributed by atoms with Gasteiger partial charge in [0.1, 0.15) is 15.9 Å². The Morgan fingerprint density at radius 1 is 1.45 bits per heavy atom. The van der Waals surface area contributed by atoms with E-state index in [2.05, 4.69) is 16.2 Å². The highest BCUT2D eigenvalue weighted by molar-refractivity contribution is 7.18. The molecule has 0 amide bonds. The number of hydrogen-bond donors (Lipinski definition) is 0.